The summed E-state index contributed by atoms with van der Waals surface area (Å²) in [6.45, 7) is 0. The number of methoxy groups -OCH3 is 3. The van der Waals surface area contributed by atoms with Crippen molar-refractivity contribution in [2.24, 2.45) is 0 Å². The first-order valence-corrected chi connectivity index (χ1v) is 10.0. The van der Waals surface area contributed by atoms with Gasteiger partial charge in [0.15, 0.2) is 11.5 Å². The fourth-order valence-corrected chi connectivity index (χ4v) is 3.73. The number of nitro groups is 1. The normalized spacial score (nSPS) is 10.8. The van der Waals surface area contributed by atoms with Gasteiger partial charge >= 0.3 is 11.6 Å². The minimum atomic E-state index is -0.855. The summed E-state index contributed by atoms with van der Waals surface area (Å²) in [5, 5.41) is 12.1. The molecule has 0 aliphatic carbocycles. The van der Waals surface area contributed by atoms with E-state index in [1.165, 1.54) is 51.7 Å². The minimum absolute atomic E-state index is 0.0528. The van der Waals surface area contributed by atoms with Crippen LogP contribution in [0.15, 0.2) is 51.7 Å². The quantitative estimate of drug-likeness (QED) is 0.0948. The van der Waals surface area contributed by atoms with Crippen LogP contribution < -0.4 is 24.6 Å². The number of nitrogens with zero attached hydrogens (tertiary/aromatic N) is 1. The summed E-state index contributed by atoms with van der Waals surface area (Å²) < 4.78 is 27.0. The van der Waals surface area contributed by atoms with Gasteiger partial charge in [-0.15, -0.1) is 0 Å². The topological polar surface area (TPSA) is 127 Å². The van der Waals surface area contributed by atoms with Crippen LogP contribution in [0.2, 0.25) is 5.02 Å². The number of carbonyl (C=O) groups is 1. The zero-order chi connectivity index (χ0) is 24.6. The van der Waals surface area contributed by atoms with Gasteiger partial charge in [0, 0.05) is 22.9 Å². The van der Waals surface area contributed by atoms with Crippen LogP contribution >= 0.6 is 11.6 Å². The summed E-state index contributed by atoms with van der Waals surface area (Å²) in [6.07, 6.45) is 0. The number of hydrogen-bond acceptors (Lipinski definition) is 9. The number of hydrogen-bond donors (Lipinski definition) is 0. The van der Waals surface area contributed by atoms with Crippen LogP contribution in [0.4, 0.5) is 5.69 Å². The van der Waals surface area contributed by atoms with Gasteiger partial charge in [0.1, 0.15) is 16.4 Å². The molecule has 0 aliphatic rings. The number of esters is 1. The molecule has 0 N–H and O–H groups in total. The van der Waals surface area contributed by atoms with Crippen LogP contribution in [0.25, 0.3) is 21.7 Å². The molecule has 0 amide bonds. The smallest absolute Gasteiger partial charge is 0.344 e. The average Bonchev–Trinajstić information content (AvgIpc) is 2.82. The molecule has 174 valence electrons. The van der Waals surface area contributed by atoms with E-state index in [9.17, 15) is 19.7 Å². The van der Waals surface area contributed by atoms with E-state index in [4.69, 9.17) is 35.0 Å². The molecule has 0 fully saturated rings. The van der Waals surface area contributed by atoms with Crippen molar-refractivity contribution in [3.05, 3.63) is 73.6 Å². The lowest BCUT2D eigenvalue weighted by atomic mass is 10.0. The second-order valence-corrected chi connectivity index (χ2v) is 7.34. The van der Waals surface area contributed by atoms with Gasteiger partial charge in [-0.05, 0) is 30.3 Å². The standard InChI is InChI=1S/C23H16ClNO9/c1-30-18-10-14-19(21(32-3)20(18)31-2)13-6-5-12(9-17(13)34-23(14)27)33-22(26)11-4-7-15(24)16(8-11)25(28)29/h4-10H,1-3H3. The summed E-state index contributed by atoms with van der Waals surface area (Å²) in [5.74, 6) is 0.0570. The van der Waals surface area contributed by atoms with Gasteiger partial charge in [-0.1, -0.05) is 11.6 Å². The Morgan fingerprint density at radius 2 is 1.71 bits per heavy atom. The number of nitro benzene ring substituents is 1. The number of carbonyl (C=O) groups excluding carboxylic acids is 1. The van der Waals surface area contributed by atoms with E-state index < -0.39 is 22.2 Å². The number of fused-ring (bicyclic) bond motifs is 3. The Morgan fingerprint density at radius 3 is 2.35 bits per heavy atom. The fourth-order valence-electron chi connectivity index (χ4n) is 3.54. The van der Waals surface area contributed by atoms with E-state index in [0.717, 1.165) is 6.07 Å². The van der Waals surface area contributed by atoms with Crippen molar-refractivity contribution in [2.45, 2.75) is 0 Å². The van der Waals surface area contributed by atoms with E-state index >= 15 is 0 Å². The van der Waals surface area contributed by atoms with Crippen molar-refractivity contribution in [2.75, 3.05) is 21.3 Å². The molecule has 0 saturated heterocycles. The third kappa shape index (κ3) is 3.84. The molecule has 0 unspecified atom stereocenters. The maximum Gasteiger partial charge on any atom is 0.344 e. The first kappa shape index (κ1) is 22.9. The van der Waals surface area contributed by atoms with Crippen molar-refractivity contribution in [1.29, 1.82) is 0 Å². The Hall–Kier alpha value is -4.31. The number of benzene rings is 3. The summed E-state index contributed by atoms with van der Waals surface area (Å²) in [6, 6.07) is 9.47. The molecule has 11 heteroatoms. The number of ether oxygens (including phenoxy) is 4. The highest BCUT2D eigenvalue weighted by atomic mass is 35.5. The van der Waals surface area contributed by atoms with Crippen LogP contribution in [-0.4, -0.2) is 32.2 Å². The van der Waals surface area contributed by atoms with E-state index in [0.29, 0.717) is 22.3 Å². The molecule has 3 aromatic carbocycles. The van der Waals surface area contributed by atoms with E-state index in [1.54, 1.807) is 6.07 Å². The molecule has 34 heavy (non-hydrogen) atoms. The molecule has 0 atom stereocenters. The van der Waals surface area contributed by atoms with Crippen LogP contribution in [0.1, 0.15) is 10.4 Å². The largest absolute Gasteiger partial charge is 0.493 e. The van der Waals surface area contributed by atoms with E-state index in [-0.39, 0.29) is 33.1 Å². The molecule has 0 spiro atoms. The van der Waals surface area contributed by atoms with E-state index in [2.05, 4.69) is 0 Å². The maximum absolute atomic E-state index is 12.7. The molecular formula is C23H16ClNO9. The lowest BCUT2D eigenvalue weighted by Crippen LogP contribution is -2.09. The summed E-state index contributed by atoms with van der Waals surface area (Å²) >= 11 is 5.79. The van der Waals surface area contributed by atoms with Crippen LogP contribution in [0.5, 0.6) is 23.0 Å². The van der Waals surface area contributed by atoms with Gasteiger partial charge in [-0.25, -0.2) is 9.59 Å². The first-order chi connectivity index (χ1) is 16.3. The molecule has 4 aromatic rings. The predicted octanol–water partition coefficient (Wildman–Crippen LogP) is 4.75. The average molecular weight is 486 g/mol. The van der Waals surface area contributed by atoms with E-state index in [1.807, 2.05) is 0 Å². The van der Waals surface area contributed by atoms with Gasteiger partial charge < -0.3 is 23.4 Å². The molecular weight excluding hydrogens is 470 g/mol. The molecule has 0 radical (unpaired) electrons. The third-order valence-corrected chi connectivity index (χ3v) is 5.38. The van der Waals surface area contributed by atoms with Crippen LogP contribution in [0, 0.1) is 10.1 Å². The summed E-state index contributed by atoms with van der Waals surface area (Å²) in [7, 11) is 4.30. The Balaban J connectivity index is 1.81. The first-order valence-electron chi connectivity index (χ1n) is 9.64. The zero-order valence-corrected chi connectivity index (χ0v) is 18.8. The molecule has 4 rings (SSSR count). The third-order valence-electron chi connectivity index (χ3n) is 5.06. The van der Waals surface area contributed by atoms with Crippen molar-refractivity contribution in [3.8, 4) is 23.0 Å². The van der Waals surface area contributed by atoms with Crippen molar-refractivity contribution >= 4 is 45.0 Å². The van der Waals surface area contributed by atoms with Crippen LogP contribution in [-0.2, 0) is 0 Å². The summed E-state index contributed by atoms with van der Waals surface area (Å²) in [4.78, 5) is 35.6. The molecule has 0 aliphatic heterocycles. The number of halogens is 1. The SMILES string of the molecule is COc1cc2c(=O)oc3cc(OC(=O)c4ccc(Cl)c([N+](=O)[O-])c4)ccc3c2c(OC)c1OC. The highest BCUT2D eigenvalue weighted by molar-refractivity contribution is 6.32. The predicted molar refractivity (Wildman–Crippen MR) is 123 cm³/mol. The van der Waals surface area contributed by atoms with Crippen molar-refractivity contribution in [3.63, 3.8) is 0 Å². The Morgan fingerprint density at radius 1 is 0.971 bits per heavy atom. The maximum atomic E-state index is 12.7. The van der Waals surface area contributed by atoms with Gasteiger partial charge in [0.25, 0.3) is 5.69 Å². The van der Waals surface area contributed by atoms with Crippen LogP contribution in [0.3, 0.4) is 0 Å². The molecule has 10 nitrogen and oxygen atoms in total. The molecule has 0 bridgehead atoms. The number of rotatable bonds is 6. The Kier molecular flexibility index (Phi) is 5.99. The highest BCUT2D eigenvalue weighted by Gasteiger charge is 2.22. The van der Waals surface area contributed by atoms with Crippen molar-refractivity contribution in [1.82, 2.24) is 0 Å². The second kappa shape index (κ2) is 8.91. The zero-order valence-electron chi connectivity index (χ0n) is 18.0. The lowest BCUT2D eigenvalue weighted by molar-refractivity contribution is -0.384. The monoisotopic (exact) mass is 485 g/mol. The second-order valence-electron chi connectivity index (χ2n) is 6.93. The highest BCUT2D eigenvalue weighted by Crippen LogP contribution is 2.45. The molecule has 1 aromatic heterocycles. The minimum Gasteiger partial charge on any atom is -0.493 e. The van der Waals surface area contributed by atoms with Gasteiger partial charge in [0.05, 0.1) is 37.2 Å². The van der Waals surface area contributed by atoms with Crippen molar-refractivity contribution < 1.29 is 33.1 Å². The van der Waals surface area contributed by atoms with Gasteiger partial charge in [-0.2, -0.15) is 0 Å². The fraction of sp³-hybridized carbons (Fsp3) is 0.130. The summed E-state index contributed by atoms with van der Waals surface area (Å²) in [5.41, 5.74) is -1.05. The Labute approximate surface area is 196 Å². The lowest BCUT2D eigenvalue weighted by Gasteiger charge is -2.15. The van der Waals surface area contributed by atoms with Gasteiger partial charge in [0.2, 0.25) is 5.75 Å². The Bertz CT molecular complexity index is 1530. The molecule has 0 saturated carbocycles. The van der Waals surface area contributed by atoms with Gasteiger partial charge in [-0.3, -0.25) is 10.1 Å². The molecule has 1 heterocycles.